The van der Waals surface area contributed by atoms with E-state index >= 15 is 0 Å². The number of benzene rings is 2. The van der Waals surface area contributed by atoms with Crippen LogP contribution in [-0.4, -0.2) is 50.7 Å². The second kappa shape index (κ2) is 9.06. The van der Waals surface area contributed by atoms with E-state index in [1.165, 1.54) is 5.69 Å². The van der Waals surface area contributed by atoms with E-state index in [1.54, 1.807) is 36.2 Å². The topological polar surface area (TPSA) is 68.6 Å². The zero-order chi connectivity index (χ0) is 19.1. The lowest BCUT2D eigenvalue weighted by Gasteiger charge is -2.29. The second-order valence-electron chi connectivity index (χ2n) is 6.56. The van der Waals surface area contributed by atoms with Crippen LogP contribution in [0.2, 0.25) is 0 Å². The molecule has 0 unspecified atom stereocenters. The van der Waals surface area contributed by atoms with Gasteiger partial charge in [0.25, 0.3) is 0 Å². The molecule has 1 aliphatic heterocycles. The number of nitrogens with zero attached hydrogens (tertiary/aromatic N) is 3. The van der Waals surface area contributed by atoms with Crippen LogP contribution in [0, 0.1) is 11.3 Å². The minimum atomic E-state index is 0.0108. The van der Waals surface area contributed by atoms with Crippen LogP contribution in [0.3, 0.4) is 0 Å². The Morgan fingerprint density at radius 1 is 1.15 bits per heavy atom. The summed E-state index contributed by atoms with van der Waals surface area (Å²) in [5.41, 5.74) is 3.72. The molecule has 2 aromatic carbocycles. The fourth-order valence-corrected chi connectivity index (χ4v) is 2.97. The molecule has 3 rings (SSSR count). The summed E-state index contributed by atoms with van der Waals surface area (Å²) in [4.78, 5) is 16.4. The van der Waals surface area contributed by atoms with Crippen molar-refractivity contribution in [2.24, 2.45) is 0 Å². The third kappa shape index (κ3) is 5.22. The van der Waals surface area contributed by atoms with Gasteiger partial charge in [-0.05, 0) is 42.0 Å². The zero-order valence-corrected chi connectivity index (χ0v) is 15.5. The van der Waals surface area contributed by atoms with E-state index < -0.39 is 0 Å². The molecule has 27 heavy (non-hydrogen) atoms. The molecule has 2 aromatic rings. The van der Waals surface area contributed by atoms with E-state index in [2.05, 4.69) is 40.6 Å². The summed E-state index contributed by atoms with van der Waals surface area (Å²) >= 11 is 0. The number of ether oxygens (including phenoxy) is 1. The van der Waals surface area contributed by atoms with Gasteiger partial charge in [-0.3, -0.25) is 4.79 Å². The Morgan fingerprint density at radius 2 is 1.81 bits per heavy atom. The van der Waals surface area contributed by atoms with Crippen molar-refractivity contribution in [1.82, 2.24) is 4.90 Å². The number of anilines is 2. The van der Waals surface area contributed by atoms with Crippen LogP contribution in [0.4, 0.5) is 11.4 Å². The molecule has 0 bridgehead atoms. The Hall–Kier alpha value is -3.04. The Balaban J connectivity index is 1.49. The van der Waals surface area contributed by atoms with Crippen LogP contribution in [0.25, 0.3) is 0 Å². The molecule has 0 aliphatic carbocycles. The largest absolute Gasteiger partial charge is 0.378 e. The number of amides is 1. The highest BCUT2D eigenvalue weighted by Gasteiger charge is 2.12. The van der Waals surface area contributed by atoms with Crippen molar-refractivity contribution in [1.29, 1.82) is 5.26 Å². The second-order valence-corrected chi connectivity index (χ2v) is 6.56. The first-order valence-electron chi connectivity index (χ1n) is 9.05. The Bertz CT molecular complexity index is 790. The lowest BCUT2D eigenvalue weighted by Crippen LogP contribution is -2.36. The van der Waals surface area contributed by atoms with Gasteiger partial charge in [-0.15, -0.1) is 0 Å². The molecule has 140 valence electrons. The zero-order valence-electron chi connectivity index (χ0n) is 15.5. The van der Waals surface area contributed by atoms with Gasteiger partial charge in [0, 0.05) is 38.1 Å². The van der Waals surface area contributed by atoms with Crippen molar-refractivity contribution in [3.63, 3.8) is 0 Å². The summed E-state index contributed by atoms with van der Waals surface area (Å²) in [5, 5.41) is 11.9. The average Bonchev–Trinajstić information content (AvgIpc) is 2.73. The maximum atomic E-state index is 12.3. The van der Waals surface area contributed by atoms with Gasteiger partial charge >= 0.3 is 0 Å². The molecule has 0 saturated carbocycles. The monoisotopic (exact) mass is 364 g/mol. The number of morpholine rings is 1. The fourth-order valence-electron chi connectivity index (χ4n) is 2.97. The lowest BCUT2D eigenvalue weighted by molar-refractivity contribution is -0.128. The van der Waals surface area contributed by atoms with Gasteiger partial charge in [0.05, 0.1) is 31.4 Å². The highest BCUT2D eigenvalue weighted by Crippen LogP contribution is 2.17. The van der Waals surface area contributed by atoms with Crippen LogP contribution >= 0.6 is 0 Å². The van der Waals surface area contributed by atoms with Gasteiger partial charge in [-0.25, -0.2) is 0 Å². The van der Waals surface area contributed by atoms with Crippen molar-refractivity contribution < 1.29 is 9.53 Å². The predicted molar refractivity (Wildman–Crippen MR) is 106 cm³/mol. The molecule has 6 nitrogen and oxygen atoms in total. The summed E-state index contributed by atoms with van der Waals surface area (Å²) in [6.07, 6.45) is 0. The summed E-state index contributed by atoms with van der Waals surface area (Å²) < 4.78 is 5.38. The average molecular weight is 364 g/mol. The first-order chi connectivity index (χ1) is 13.2. The van der Waals surface area contributed by atoms with E-state index in [4.69, 9.17) is 10.00 Å². The number of rotatable bonds is 6. The third-order valence-corrected chi connectivity index (χ3v) is 4.62. The van der Waals surface area contributed by atoms with Gasteiger partial charge < -0.3 is 19.9 Å². The Labute approximate surface area is 160 Å². The predicted octanol–water partition coefficient (Wildman–Crippen LogP) is 2.47. The maximum absolute atomic E-state index is 12.3. The molecular weight excluding hydrogens is 340 g/mol. The molecule has 1 saturated heterocycles. The van der Waals surface area contributed by atoms with E-state index in [0.717, 1.165) is 37.6 Å². The standard InChI is InChI=1S/C21H24N4O2/c1-24(21(26)15-23-19-6-2-17(14-22)3-7-19)16-18-4-8-20(9-5-18)25-10-12-27-13-11-25/h2-9,23H,10-13,15-16H2,1H3. The normalized spacial score (nSPS) is 13.7. The number of carbonyl (C=O) groups is 1. The van der Waals surface area contributed by atoms with Gasteiger partial charge in [-0.1, -0.05) is 12.1 Å². The van der Waals surface area contributed by atoms with Gasteiger partial charge in [0.1, 0.15) is 0 Å². The summed E-state index contributed by atoms with van der Waals surface area (Å²) in [6, 6.07) is 17.5. The van der Waals surface area contributed by atoms with Crippen molar-refractivity contribution >= 4 is 17.3 Å². The number of carbonyl (C=O) groups excluding carboxylic acids is 1. The number of nitriles is 1. The quantitative estimate of drug-likeness (QED) is 0.853. The molecule has 1 amide bonds. The maximum Gasteiger partial charge on any atom is 0.241 e. The number of likely N-dealkylation sites (N-methyl/N-ethyl adjacent to an activating group) is 1. The molecule has 1 heterocycles. The van der Waals surface area contributed by atoms with Crippen molar-refractivity contribution in [2.75, 3.05) is 50.1 Å². The minimum Gasteiger partial charge on any atom is -0.378 e. The van der Waals surface area contributed by atoms with Crippen LogP contribution in [-0.2, 0) is 16.1 Å². The lowest BCUT2D eigenvalue weighted by atomic mass is 10.1. The first kappa shape index (κ1) is 18.7. The summed E-state index contributed by atoms with van der Waals surface area (Å²) in [7, 11) is 1.80. The Morgan fingerprint density at radius 3 is 2.44 bits per heavy atom. The molecule has 0 radical (unpaired) electrons. The van der Waals surface area contributed by atoms with Crippen LogP contribution in [0.5, 0.6) is 0 Å². The SMILES string of the molecule is CN(Cc1ccc(N2CCOCC2)cc1)C(=O)CNc1ccc(C#N)cc1. The fraction of sp³-hybridized carbons (Fsp3) is 0.333. The summed E-state index contributed by atoms with van der Waals surface area (Å²) in [5.74, 6) is 0.0108. The Kier molecular flexibility index (Phi) is 6.29. The molecule has 0 atom stereocenters. The number of nitrogens with one attached hydrogen (secondary N) is 1. The molecule has 6 heteroatoms. The third-order valence-electron chi connectivity index (χ3n) is 4.62. The number of hydrogen-bond donors (Lipinski definition) is 1. The molecular formula is C21H24N4O2. The van der Waals surface area contributed by atoms with Gasteiger partial charge in [-0.2, -0.15) is 5.26 Å². The van der Waals surface area contributed by atoms with E-state index in [9.17, 15) is 4.79 Å². The highest BCUT2D eigenvalue weighted by atomic mass is 16.5. The van der Waals surface area contributed by atoms with E-state index in [0.29, 0.717) is 12.1 Å². The van der Waals surface area contributed by atoms with Crippen molar-refractivity contribution in [3.05, 3.63) is 59.7 Å². The molecule has 0 spiro atoms. The van der Waals surface area contributed by atoms with E-state index in [-0.39, 0.29) is 12.5 Å². The van der Waals surface area contributed by atoms with Crippen LogP contribution in [0.15, 0.2) is 48.5 Å². The molecule has 1 N–H and O–H groups in total. The summed E-state index contributed by atoms with van der Waals surface area (Å²) in [6.45, 7) is 4.15. The first-order valence-corrected chi connectivity index (χ1v) is 9.05. The molecule has 1 aliphatic rings. The van der Waals surface area contributed by atoms with Crippen molar-refractivity contribution in [2.45, 2.75) is 6.54 Å². The molecule has 1 fully saturated rings. The smallest absolute Gasteiger partial charge is 0.241 e. The van der Waals surface area contributed by atoms with Gasteiger partial charge in [0.15, 0.2) is 0 Å². The highest BCUT2D eigenvalue weighted by molar-refractivity contribution is 5.80. The van der Waals surface area contributed by atoms with Gasteiger partial charge in [0.2, 0.25) is 5.91 Å². The number of hydrogen-bond acceptors (Lipinski definition) is 5. The van der Waals surface area contributed by atoms with Crippen molar-refractivity contribution in [3.8, 4) is 6.07 Å². The van der Waals surface area contributed by atoms with E-state index in [1.807, 2.05) is 0 Å². The van der Waals surface area contributed by atoms with Crippen LogP contribution in [0.1, 0.15) is 11.1 Å². The minimum absolute atomic E-state index is 0.0108. The van der Waals surface area contributed by atoms with Crippen LogP contribution < -0.4 is 10.2 Å². The molecule has 0 aromatic heterocycles.